The number of hydrogen-bond acceptors (Lipinski definition) is 2. The van der Waals surface area contributed by atoms with Crippen molar-refractivity contribution in [2.45, 2.75) is 13.8 Å². The van der Waals surface area contributed by atoms with E-state index in [2.05, 4.69) is 50.3 Å². The number of nitrogens with two attached hydrogens (primary N) is 1. The van der Waals surface area contributed by atoms with Crippen LogP contribution < -0.4 is 10.5 Å². The van der Waals surface area contributed by atoms with Crippen LogP contribution in [0.4, 0.5) is 0 Å². The first kappa shape index (κ1) is 12.9. The van der Waals surface area contributed by atoms with E-state index in [9.17, 15) is 0 Å². The van der Waals surface area contributed by atoms with E-state index >= 15 is 0 Å². The molecule has 0 unspecified atom stereocenters. The maximum atomic E-state index is 6.25. The molecule has 2 aromatic carbocycles. The molecule has 2 N–H and O–H groups in total. The SMILES string of the molecule is Cc1ccc2sc(C=Cc3ccccc3)[n+](N)c2c1C. The second-order valence-corrected chi connectivity index (χ2v) is 5.97. The molecule has 0 spiro atoms. The molecule has 0 bridgehead atoms. The molecule has 3 rings (SSSR count). The third kappa shape index (κ3) is 2.21. The van der Waals surface area contributed by atoms with E-state index < -0.39 is 0 Å². The minimum absolute atomic E-state index is 1.05. The molecule has 2 nitrogen and oxygen atoms in total. The van der Waals surface area contributed by atoms with Crippen LogP contribution in [-0.2, 0) is 0 Å². The maximum Gasteiger partial charge on any atom is 0.291 e. The quantitative estimate of drug-likeness (QED) is 0.563. The summed E-state index contributed by atoms with van der Waals surface area (Å²) in [6, 6.07) is 14.6. The molecule has 0 aliphatic heterocycles. The lowest BCUT2D eigenvalue weighted by atomic mass is 10.1. The molecule has 0 saturated heterocycles. The Balaban J connectivity index is 2.07. The number of aromatic nitrogens is 1. The summed E-state index contributed by atoms with van der Waals surface area (Å²) in [6.07, 6.45) is 4.17. The summed E-state index contributed by atoms with van der Waals surface area (Å²) in [5, 5.41) is 1.05. The second-order valence-electron chi connectivity index (χ2n) is 4.91. The highest BCUT2D eigenvalue weighted by Crippen LogP contribution is 2.25. The van der Waals surface area contributed by atoms with Crippen molar-refractivity contribution in [3.05, 3.63) is 64.2 Å². The number of nitrogens with zero attached hydrogens (tertiary/aromatic N) is 1. The van der Waals surface area contributed by atoms with Crippen LogP contribution in [0.25, 0.3) is 22.4 Å². The van der Waals surface area contributed by atoms with Crippen molar-refractivity contribution in [3.8, 4) is 0 Å². The van der Waals surface area contributed by atoms with E-state index in [1.165, 1.54) is 21.4 Å². The van der Waals surface area contributed by atoms with Gasteiger partial charge in [-0.1, -0.05) is 52.4 Å². The minimum Gasteiger partial charge on any atom is -0.204 e. The van der Waals surface area contributed by atoms with Crippen molar-refractivity contribution in [2.75, 3.05) is 5.84 Å². The monoisotopic (exact) mass is 281 g/mol. The second kappa shape index (κ2) is 5.10. The summed E-state index contributed by atoms with van der Waals surface area (Å²) in [5.41, 5.74) is 4.83. The van der Waals surface area contributed by atoms with E-state index in [1.54, 1.807) is 16.0 Å². The van der Waals surface area contributed by atoms with E-state index in [0.717, 1.165) is 10.5 Å². The van der Waals surface area contributed by atoms with Crippen LogP contribution >= 0.6 is 11.3 Å². The van der Waals surface area contributed by atoms with Gasteiger partial charge in [0.15, 0.2) is 0 Å². The number of rotatable bonds is 2. The summed E-state index contributed by atoms with van der Waals surface area (Å²) in [7, 11) is 0. The average Bonchev–Trinajstić information content (AvgIpc) is 2.79. The molecule has 0 amide bonds. The van der Waals surface area contributed by atoms with Gasteiger partial charge in [-0.2, -0.15) is 0 Å². The standard InChI is InChI=1S/C17H17N2S/c1-12-8-10-15-17(13(12)2)19(18)16(20-15)11-9-14-6-4-3-5-7-14/h3-11H,18H2,1-2H3/q+1. The highest BCUT2D eigenvalue weighted by Gasteiger charge is 2.19. The van der Waals surface area contributed by atoms with Gasteiger partial charge in [0.1, 0.15) is 4.70 Å². The van der Waals surface area contributed by atoms with Gasteiger partial charge in [-0.15, -0.1) is 0 Å². The van der Waals surface area contributed by atoms with Gasteiger partial charge in [-0.3, -0.25) is 0 Å². The Bertz CT molecular complexity index is 786. The van der Waals surface area contributed by atoms with Gasteiger partial charge in [-0.25, -0.2) is 5.84 Å². The molecule has 3 aromatic rings. The zero-order valence-electron chi connectivity index (χ0n) is 11.6. The number of thiazole rings is 1. The number of nitrogen functional groups attached to an aromatic ring is 1. The summed E-state index contributed by atoms with van der Waals surface area (Å²) >= 11 is 1.72. The Labute approximate surface area is 122 Å². The van der Waals surface area contributed by atoms with E-state index in [-0.39, 0.29) is 0 Å². The van der Waals surface area contributed by atoms with E-state index in [0.29, 0.717) is 0 Å². The largest absolute Gasteiger partial charge is 0.291 e. The van der Waals surface area contributed by atoms with Crippen LogP contribution in [0.5, 0.6) is 0 Å². The summed E-state index contributed by atoms with van der Waals surface area (Å²) in [4.78, 5) is 0. The lowest BCUT2D eigenvalue weighted by molar-refractivity contribution is -0.608. The molecule has 0 aliphatic rings. The zero-order chi connectivity index (χ0) is 14.1. The molecule has 100 valence electrons. The Morgan fingerprint density at radius 1 is 1.00 bits per heavy atom. The van der Waals surface area contributed by atoms with E-state index in [1.807, 2.05) is 18.2 Å². The Hall–Kier alpha value is -2.13. The summed E-state index contributed by atoms with van der Waals surface area (Å²) < 4.78 is 3.02. The Kier molecular flexibility index (Phi) is 3.28. The maximum absolute atomic E-state index is 6.25. The van der Waals surface area contributed by atoms with Crippen molar-refractivity contribution in [1.29, 1.82) is 0 Å². The third-order valence-corrected chi connectivity index (χ3v) is 4.67. The highest BCUT2D eigenvalue weighted by atomic mass is 32.1. The third-order valence-electron chi connectivity index (χ3n) is 3.58. The predicted octanol–water partition coefficient (Wildman–Crippen LogP) is 3.69. The molecule has 0 radical (unpaired) electrons. The number of fused-ring (bicyclic) bond motifs is 1. The fourth-order valence-electron chi connectivity index (χ4n) is 2.28. The van der Waals surface area contributed by atoms with Crippen molar-refractivity contribution in [2.24, 2.45) is 0 Å². The summed E-state index contributed by atoms with van der Waals surface area (Å²) in [5.74, 6) is 6.25. The molecule has 0 aliphatic carbocycles. The summed E-state index contributed by atoms with van der Waals surface area (Å²) in [6.45, 7) is 4.24. The molecule has 3 heteroatoms. The predicted molar refractivity (Wildman–Crippen MR) is 87.0 cm³/mol. The van der Waals surface area contributed by atoms with Gasteiger partial charge >= 0.3 is 0 Å². The van der Waals surface area contributed by atoms with Crippen LogP contribution in [0, 0.1) is 13.8 Å². The van der Waals surface area contributed by atoms with Crippen molar-refractivity contribution < 1.29 is 4.68 Å². The number of aryl methyl sites for hydroxylation is 2. The normalized spacial score (nSPS) is 11.5. The molecule has 0 atom stereocenters. The number of benzene rings is 2. The van der Waals surface area contributed by atoms with Gasteiger partial charge in [0.25, 0.3) is 10.5 Å². The van der Waals surface area contributed by atoms with Crippen LogP contribution in [0.3, 0.4) is 0 Å². The van der Waals surface area contributed by atoms with Gasteiger partial charge in [0.2, 0.25) is 0 Å². The van der Waals surface area contributed by atoms with E-state index in [4.69, 9.17) is 5.84 Å². The van der Waals surface area contributed by atoms with Gasteiger partial charge < -0.3 is 0 Å². The van der Waals surface area contributed by atoms with Gasteiger partial charge in [0, 0.05) is 11.6 Å². The molecular formula is C17H17N2S+. The first-order valence-electron chi connectivity index (χ1n) is 6.60. The van der Waals surface area contributed by atoms with Crippen LogP contribution in [-0.4, -0.2) is 0 Å². The molecule has 1 aromatic heterocycles. The smallest absolute Gasteiger partial charge is 0.204 e. The zero-order valence-corrected chi connectivity index (χ0v) is 12.4. The van der Waals surface area contributed by atoms with Crippen molar-refractivity contribution in [3.63, 3.8) is 0 Å². The first-order valence-corrected chi connectivity index (χ1v) is 7.41. The fourth-order valence-corrected chi connectivity index (χ4v) is 3.31. The van der Waals surface area contributed by atoms with Crippen LogP contribution in [0.1, 0.15) is 21.7 Å². The Morgan fingerprint density at radius 3 is 2.50 bits per heavy atom. The molecule has 1 heterocycles. The number of hydrogen-bond donors (Lipinski definition) is 1. The highest BCUT2D eigenvalue weighted by molar-refractivity contribution is 7.18. The molecule has 0 fully saturated rings. The Morgan fingerprint density at radius 2 is 1.75 bits per heavy atom. The fraction of sp³-hybridized carbons (Fsp3) is 0.118. The lowest BCUT2D eigenvalue weighted by Crippen LogP contribution is -2.45. The van der Waals surface area contributed by atoms with Crippen LogP contribution in [0.2, 0.25) is 0 Å². The first-order chi connectivity index (χ1) is 9.66. The molecule has 20 heavy (non-hydrogen) atoms. The van der Waals surface area contributed by atoms with Gasteiger partial charge in [-0.05, 0) is 37.1 Å². The molecular weight excluding hydrogens is 264 g/mol. The molecule has 0 saturated carbocycles. The lowest BCUT2D eigenvalue weighted by Gasteiger charge is -1.96. The van der Waals surface area contributed by atoms with Crippen molar-refractivity contribution >= 4 is 33.7 Å². The van der Waals surface area contributed by atoms with Crippen molar-refractivity contribution in [1.82, 2.24) is 0 Å². The average molecular weight is 281 g/mol. The minimum atomic E-state index is 1.05. The topological polar surface area (TPSA) is 29.9 Å². The van der Waals surface area contributed by atoms with Crippen LogP contribution in [0.15, 0.2) is 42.5 Å². The van der Waals surface area contributed by atoms with Gasteiger partial charge in [0.05, 0.1) is 0 Å².